The molecule has 0 bridgehead atoms. The van der Waals surface area contributed by atoms with Crippen LogP contribution >= 0.6 is 11.8 Å². The van der Waals surface area contributed by atoms with Gasteiger partial charge in [-0.05, 0) is 36.4 Å². The average molecular weight is 326 g/mol. The highest BCUT2D eigenvalue weighted by Crippen LogP contribution is 2.24. The zero-order chi connectivity index (χ0) is 16.2. The van der Waals surface area contributed by atoms with Crippen LogP contribution in [0.5, 0.6) is 0 Å². The van der Waals surface area contributed by atoms with Crippen molar-refractivity contribution in [3.63, 3.8) is 0 Å². The lowest BCUT2D eigenvalue weighted by Gasteiger charge is -2.22. The number of hydrogen-bond acceptors (Lipinski definition) is 4. The van der Waals surface area contributed by atoms with Crippen LogP contribution < -0.4 is 5.32 Å². The number of rotatable bonds is 3. The van der Waals surface area contributed by atoms with Crippen LogP contribution in [0, 0.1) is 11.3 Å². The molecular formula is C16H14N4O2S. The summed E-state index contributed by atoms with van der Waals surface area (Å²) in [6.45, 7) is 0. The maximum Gasteiger partial charge on any atom is 0.271 e. The third-order valence-electron chi connectivity index (χ3n) is 3.56. The monoisotopic (exact) mass is 326 g/mol. The number of nitrogens with zero attached hydrogens (tertiary/aromatic N) is 2. The molecule has 1 aromatic heterocycles. The van der Waals surface area contributed by atoms with Gasteiger partial charge in [0.05, 0.1) is 17.5 Å². The molecule has 23 heavy (non-hydrogen) atoms. The van der Waals surface area contributed by atoms with E-state index >= 15 is 0 Å². The first-order valence-corrected chi connectivity index (χ1v) is 8.17. The lowest BCUT2D eigenvalue weighted by atomic mass is 10.2. The number of anilines is 1. The van der Waals surface area contributed by atoms with Gasteiger partial charge in [0.15, 0.2) is 0 Å². The van der Waals surface area contributed by atoms with Crippen molar-refractivity contribution in [3.05, 3.63) is 53.9 Å². The smallest absolute Gasteiger partial charge is 0.271 e. The molecule has 1 saturated heterocycles. The quantitative estimate of drug-likeness (QED) is 0.903. The zero-order valence-electron chi connectivity index (χ0n) is 12.2. The van der Waals surface area contributed by atoms with Crippen LogP contribution in [0.2, 0.25) is 0 Å². The predicted molar refractivity (Wildman–Crippen MR) is 87.9 cm³/mol. The fourth-order valence-electron chi connectivity index (χ4n) is 2.33. The molecule has 0 aliphatic carbocycles. The Morgan fingerprint density at radius 3 is 2.74 bits per heavy atom. The minimum absolute atomic E-state index is 0.181. The molecule has 1 unspecified atom stereocenters. The van der Waals surface area contributed by atoms with E-state index in [1.54, 1.807) is 59.3 Å². The van der Waals surface area contributed by atoms with Crippen LogP contribution in [0.25, 0.3) is 0 Å². The molecule has 1 aliphatic rings. The highest BCUT2D eigenvalue weighted by Gasteiger charge is 2.35. The van der Waals surface area contributed by atoms with E-state index in [0.717, 1.165) is 0 Å². The first-order valence-electron chi connectivity index (χ1n) is 7.02. The highest BCUT2D eigenvalue weighted by atomic mass is 32.2. The largest absolute Gasteiger partial charge is 0.357 e. The molecule has 0 saturated carbocycles. The molecule has 1 fully saturated rings. The highest BCUT2D eigenvalue weighted by molar-refractivity contribution is 7.99. The van der Waals surface area contributed by atoms with Gasteiger partial charge in [-0.15, -0.1) is 11.8 Å². The van der Waals surface area contributed by atoms with Crippen LogP contribution in [0.4, 0.5) is 5.69 Å². The standard InChI is InChI=1S/C16H14N4O2S/c17-8-11-3-5-12(6-4-11)19-15(21)14-9-23-10-20(14)16(22)13-2-1-7-18-13/h1-7,14,18H,9-10H2,(H,19,21). The Morgan fingerprint density at radius 1 is 1.30 bits per heavy atom. The number of thioether (sulfide) groups is 1. The summed E-state index contributed by atoms with van der Waals surface area (Å²) in [5.74, 6) is 0.650. The molecule has 1 aliphatic heterocycles. The molecule has 116 valence electrons. The molecule has 2 amide bonds. The van der Waals surface area contributed by atoms with E-state index in [9.17, 15) is 9.59 Å². The lowest BCUT2D eigenvalue weighted by Crippen LogP contribution is -2.44. The van der Waals surface area contributed by atoms with Gasteiger partial charge < -0.3 is 15.2 Å². The Balaban J connectivity index is 1.70. The number of nitrogens with one attached hydrogen (secondary N) is 2. The third kappa shape index (κ3) is 3.22. The maximum absolute atomic E-state index is 12.5. The van der Waals surface area contributed by atoms with Crippen LogP contribution in [-0.4, -0.2) is 39.4 Å². The molecule has 0 spiro atoms. The number of aromatic nitrogens is 1. The summed E-state index contributed by atoms with van der Waals surface area (Å²) in [6, 6.07) is 11.6. The summed E-state index contributed by atoms with van der Waals surface area (Å²) < 4.78 is 0. The average Bonchev–Trinajstić information content (AvgIpc) is 3.26. The van der Waals surface area contributed by atoms with Crippen LogP contribution in [0.3, 0.4) is 0 Å². The molecule has 3 rings (SSSR count). The number of hydrogen-bond donors (Lipinski definition) is 2. The van der Waals surface area contributed by atoms with Gasteiger partial charge in [0.25, 0.3) is 5.91 Å². The number of carbonyl (C=O) groups excluding carboxylic acids is 2. The minimum Gasteiger partial charge on any atom is -0.357 e. The predicted octanol–water partition coefficient (Wildman–Crippen LogP) is 2.04. The summed E-state index contributed by atoms with van der Waals surface area (Å²) in [7, 11) is 0. The Kier molecular flexibility index (Phi) is 4.35. The SMILES string of the molecule is N#Cc1ccc(NC(=O)C2CSCN2C(=O)c2ccc[nH]2)cc1. The van der Waals surface area contributed by atoms with Crippen molar-refractivity contribution >= 4 is 29.3 Å². The van der Waals surface area contributed by atoms with Crippen LogP contribution in [-0.2, 0) is 4.79 Å². The van der Waals surface area contributed by atoms with Crippen LogP contribution in [0.1, 0.15) is 16.1 Å². The van der Waals surface area contributed by atoms with Gasteiger partial charge in [-0.1, -0.05) is 0 Å². The van der Waals surface area contributed by atoms with E-state index in [1.807, 2.05) is 6.07 Å². The van der Waals surface area contributed by atoms with Crippen molar-refractivity contribution in [1.82, 2.24) is 9.88 Å². The number of amides is 2. The second-order valence-corrected chi connectivity index (χ2v) is 6.05. The van der Waals surface area contributed by atoms with E-state index < -0.39 is 6.04 Å². The number of aromatic amines is 1. The van der Waals surface area contributed by atoms with E-state index in [0.29, 0.717) is 28.6 Å². The first kappa shape index (κ1) is 15.2. The topological polar surface area (TPSA) is 89.0 Å². The van der Waals surface area contributed by atoms with Crippen molar-refractivity contribution in [3.8, 4) is 6.07 Å². The Bertz CT molecular complexity index is 749. The number of carbonyl (C=O) groups is 2. The Hall–Kier alpha value is -2.72. The second-order valence-electron chi connectivity index (χ2n) is 5.05. The zero-order valence-corrected chi connectivity index (χ0v) is 13.0. The van der Waals surface area contributed by atoms with Crippen molar-refractivity contribution in [2.45, 2.75) is 6.04 Å². The molecule has 6 nitrogen and oxygen atoms in total. The summed E-state index contributed by atoms with van der Waals surface area (Å²) in [5, 5.41) is 11.6. The normalized spacial score (nSPS) is 16.8. The summed E-state index contributed by atoms with van der Waals surface area (Å²) >= 11 is 1.55. The molecule has 2 heterocycles. The maximum atomic E-state index is 12.5. The Morgan fingerprint density at radius 2 is 2.09 bits per heavy atom. The molecule has 1 atom stereocenters. The van der Waals surface area contributed by atoms with Crippen molar-refractivity contribution in [2.75, 3.05) is 16.9 Å². The van der Waals surface area contributed by atoms with Gasteiger partial charge in [0, 0.05) is 17.6 Å². The van der Waals surface area contributed by atoms with Gasteiger partial charge >= 0.3 is 0 Å². The van der Waals surface area contributed by atoms with E-state index in [1.165, 1.54) is 0 Å². The molecular weight excluding hydrogens is 312 g/mol. The number of H-pyrrole nitrogens is 1. The third-order valence-corrected chi connectivity index (χ3v) is 4.57. The number of benzene rings is 1. The summed E-state index contributed by atoms with van der Waals surface area (Å²) in [6.07, 6.45) is 1.68. The Labute approximate surface area is 137 Å². The first-order chi connectivity index (χ1) is 11.2. The second kappa shape index (κ2) is 6.58. The van der Waals surface area contributed by atoms with Gasteiger partial charge in [0.2, 0.25) is 5.91 Å². The lowest BCUT2D eigenvalue weighted by molar-refractivity contribution is -0.119. The van der Waals surface area contributed by atoms with E-state index in [-0.39, 0.29) is 11.8 Å². The van der Waals surface area contributed by atoms with Crippen LogP contribution in [0.15, 0.2) is 42.6 Å². The number of nitriles is 1. The molecule has 2 aromatic rings. The van der Waals surface area contributed by atoms with Gasteiger partial charge in [-0.2, -0.15) is 5.26 Å². The molecule has 0 radical (unpaired) electrons. The molecule has 2 N–H and O–H groups in total. The summed E-state index contributed by atoms with van der Waals surface area (Å²) in [4.78, 5) is 29.3. The van der Waals surface area contributed by atoms with Gasteiger partial charge in [-0.3, -0.25) is 9.59 Å². The minimum atomic E-state index is -0.508. The molecule has 1 aromatic carbocycles. The van der Waals surface area contributed by atoms with Crippen molar-refractivity contribution in [1.29, 1.82) is 5.26 Å². The summed E-state index contributed by atoms with van der Waals surface area (Å²) in [5.41, 5.74) is 1.62. The van der Waals surface area contributed by atoms with Crippen molar-refractivity contribution < 1.29 is 9.59 Å². The fourth-order valence-corrected chi connectivity index (χ4v) is 3.49. The van der Waals surface area contributed by atoms with Gasteiger partial charge in [0.1, 0.15) is 11.7 Å². The van der Waals surface area contributed by atoms with Gasteiger partial charge in [-0.25, -0.2) is 0 Å². The van der Waals surface area contributed by atoms with E-state index in [4.69, 9.17) is 5.26 Å². The fraction of sp³-hybridized carbons (Fsp3) is 0.188. The van der Waals surface area contributed by atoms with Crippen molar-refractivity contribution in [2.24, 2.45) is 0 Å². The molecule has 7 heteroatoms. The van der Waals surface area contributed by atoms with E-state index in [2.05, 4.69) is 10.3 Å².